The third-order valence-corrected chi connectivity index (χ3v) is 2.04. The van der Waals surface area contributed by atoms with Gasteiger partial charge in [0.2, 0.25) is 0 Å². The van der Waals surface area contributed by atoms with Crippen LogP contribution >= 0.6 is 0 Å². The second kappa shape index (κ2) is 4.79. The van der Waals surface area contributed by atoms with Crippen LogP contribution in [0.25, 0.3) is 0 Å². The van der Waals surface area contributed by atoms with E-state index in [-0.39, 0.29) is 6.04 Å². The highest BCUT2D eigenvalue weighted by Gasteiger charge is 2.12. The predicted octanol–water partition coefficient (Wildman–Crippen LogP) is 1.56. The Morgan fingerprint density at radius 2 is 2.13 bits per heavy atom. The Hall–Kier alpha value is -1.55. The molecule has 0 saturated carbocycles. The molecule has 4 nitrogen and oxygen atoms in total. The van der Waals surface area contributed by atoms with Crippen LogP contribution in [-0.2, 0) is 4.79 Å². The van der Waals surface area contributed by atoms with Gasteiger partial charge in [0.15, 0.2) is 6.10 Å². The predicted molar refractivity (Wildman–Crippen MR) is 56.8 cm³/mol. The SMILES string of the molecule is CC(Oc1cccc([C@@H](C)N)c1)C(=O)O. The number of rotatable bonds is 4. The molecule has 15 heavy (non-hydrogen) atoms. The van der Waals surface area contributed by atoms with Crippen molar-refractivity contribution in [3.05, 3.63) is 29.8 Å². The van der Waals surface area contributed by atoms with Crippen molar-refractivity contribution in [1.82, 2.24) is 0 Å². The van der Waals surface area contributed by atoms with Crippen LogP contribution in [0.5, 0.6) is 5.75 Å². The second-order valence-electron chi connectivity index (χ2n) is 3.46. The first-order chi connectivity index (χ1) is 7.00. The van der Waals surface area contributed by atoms with E-state index in [2.05, 4.69) is 0 Å². The molecule has 0 saturated heterocycles. The summed E-state index contributed by atoms with van der Waals surface area (Å²) >= 11 is 0. The van der Waals surface area contributed by atoms with E-state index in [1.165, 1.54) is 6.92 Å². The third-order valence-electron chi connectivity index (χ3n) is 2.04. The number of carbonyl (C=O) groups is 1. The smallest absolute Gasteiger partial charge is 0.344 e. The Balaban J connectivity index is 2.78. The van der Waals surface area contributed by atoms with Crippen LogP contribution in [0.2, 0.25) is 0 Å². The molecule has 1 aromatic rings. The van der Waals surface area contributed by atoms with E-state index in [0.29, 0.717) is 5.75 Å². The molecule has 0 radical (unpaired) electrons. The van der Waals surface area contributed by atoms with Crippen molar-refractivity contribution in [2.75, 3.05) is 0 Å². The number of carboxylic acid groups (broad SMARTS) is 1. The molecular weight excluding hydrogens is 194 g/mol. The highest BCUT2D eigenvalue weighted by molar-refractivity contribution is 5.72. The number of aliphatic carboxylic acids is 1. The molecule has 1 rings (SSSR count). The van der Waals surface area contributed by atoms with Crippen LogP contribution in [-0.4, -0.2) is 17.2 Å². The van der Waals surface area contributed by atoms with E-state index in [0.717, 1.165) is 5.56 Å². The fourth-order valence-corrected chi connectivity index (χ4v) is 1.13. The Kier molecular flexibility index (Phi) is 3.68. The zero-order valence-corrected chi connectivity index (χ0v) is 8.81. The summed E-state index contributed by atoms with van der Waals surface area (Å²) in [6.45, 7) is 3.35. The van der Waals surface area contributed by atoms with Crippen LogP contribution in [0.1, 0.15) is 25.5 Å². The van der Waals surface area contributed by atoms with Gasteiger partial charge >= 0.3 is 5.97 Å². The Morgan fingerprint density at radius 3 is 2.67 bits per heavy atom. The van der Waals surface area contributed by atoms with Gasteiger partial charge in [0.05, 0.1) is 0 Å². The molecule has 4 heteroatoms. The minimum Gasteiger partial charge on any atom is -0.479 e. The first-order valence-corrected chi connectivity index (χ1v) is 4.75. The lowest BCUT2D eigenvalue weighted by atomic mass is 10.1. The number of benzene rings is 1. The molecule has 0 fully saturated rings. The van der Waals surface area contributed by atoms with E-state index in [1.807, 2.05) is 13.0 Å². The van der Waals surface area contributed by atoms with E-state index >= 15 is 0 Å². The molecule has 82 valence electrons. The lowest BCUT2D eigenvalue weighted by molar-refractivity contribution is -0.144. The molecule has 0 aliphatic heterocycles. The summed E-state index contributed by atoms with van der Waals surface area (Å²) in [4.78, 5) is 10.6. The standard InChI is InChI=1S/C11H15NO3/c1-7(12)9-4-3-5-10(6-9)15-8(2)11(13)14/h3-8H,12H2,1-2H3,(H,13,14)/t7-,8?/m1/s1. The number of nitrogens with two attached hydrogens (primary N) is 1. The van der Waals surface area contributed by atoms with E-state index in [4.69, 9.17) is 15.6 Å². The van der Waals surface area contributed by atoms with Crippen LogP contribution in [0.15, 0.2) is 24.3 Å². The van der Waals surface area contributed by atoms with Gasteiger partial charge in [0, 0.05) is 6.04 Å². The van der Waals surface area contributed by atoms with Crippen LogP contribution in [0.4, 0.5) is 0 Å². The summed E-state index contributed by atoms with van der Waals surface area (Å²) in [5.41, 5.74) is 6.62. The molecule has 0 aliphatic rings. The molecule has 0 bridgehead atoms. The monoisotopic (exact) mass is 209 g/mol. The van der Waals surface area contributed by atoms with E-state index in [9.17, 15) is 4.79 Å². The Labute approximate surface area is 88.7 Å². The van der Waals surface area contributed by atoms with Crippen molar-refractivity contribution >= 4 is 5.97 Å². The molecule has 2 atom stereocenters. The molecule has 0 amide bonds. The molecule has 0 aliphatic carbocycles. The zero-order valence-electron chi connectivity index (χ0n) is 8.81. The van der Waals surface area contributed by atoms with Gasteiger partial charge in [0.25, 0.3) is 0 Å². The highest BCUT2D eigenvalue weighted by atomic mass is 16.5. The minimum absolute atomic E-state index is 0.0892. The van der Waals surface area contributed by atoms with Gasteiger partial charge in [0.1, 0.15) is 5.75 Å². The van der Waals surface area contributed by atoms with Crippen molar-refractivity contribution in [3.8, 4) is 5.75 Å². The van der Waals surface area contributed by atoms with Crippen molar-refractivity contribution < 1.29 is 14.6 Å². The van der Waals surface area contributed by atoms with Crippen LogP contribution in [0.3, 0.4) is 0 Å². The Bertz CT molecular complexity index is 349. The van der Waals surface area contributed by atoms with Gasteiger partial charge in [-0.05, 0) is 31.5 Å². The topological polar surface area (TPSA) is 72.5 Å². The maximum atomic E-state index is 10.6. The average molecular weight is 209 g/mol. The molecule has 1 unspecified atom stereocenters. The Morgan fingerprint density at radius 1 is 1.47 bits per heavy atom. The molecule has 0 aromatic heterocycles. The van der Waals surface area contributed by atoms with Gasteiger partial charge in [-0.1, -0.05) is 12.1 Å². The van der Waals surface area contributed by atoms with Gasteiger partial charge in [-0.2, -0.15) is 0 Å². The molecule has 3 N–H and O–H groups in total. The first kappa shape index (κ1) is 11.5. The van der Waals surface area contributed by atoms with Crippen LogP contribution < -0.4 is 10.5 Å². The number of ether oxygens (including phenoxy) is 1. The molecule has 0 spiro atoms. The quantitative estimate of drug-likeness (QED) is 0.789. The molecular formula is C11H15NO3. The van der Waals surface area contributed by atoms with Gasteiger partial charge < -0.3 is 15.6 Å². The van der Waals surface area contributed by atoms with Crippen molar-refractivity contribution in [2.24, 2.45) is 5.73 Å². The lowest BCUT2D eigenvalue weighted by Gasteiger charge is -2.12. The maximum absolute atomic E-state index is 10.6. The highest BCUT2D eigenvalue weighted by Crippen LogP contribution is 2.18. The van der Waals surface area contributed by atoms with Crippen molar-refractivity contribution in [2.45, 2.75) is 26.0 Å². The number of hydrogen-bond donors (Lipinski definition) is 2. The largest absolute Gasteiger partial charge is 0.479 e. The minimum atomic E-state index is -0.985. The molecule has 1 aromatic carbocycles. The van der Waals surface area contributed by atoms with E-state index < -0.39 is 12.1 Å². The lowest BCUT2D eigenvalue weighted by Crippen LogP contribution is -2.22. The van der Waals surface area contributed by atoms with Gasteiger partial charge in [-0.15, -0.1) is 0 Å². The molecule has 0 heterocycles. The van der Waals surface area contributed by atoms with Crippen molar-refractivity contribution in [1.29, 1.82) is 0 Å². The van der Waals surface area contributed by atoms with Crippen molar-refractivity contribution in [3.63, 3.8) is 0 Å². The normalized spacial score (nSPS) is 14.3. The second-order valence-corrected chi connectivity index (χ2v) is 3.46. The van der Waals surface area contributed by atoms with Crippen LogP contribution in [0, 0.1) is 0 Å². The zero-order chi connectivity index (χ0) is 11.4. The first-order valence-electron chi connectivity index (χ1n) is 4.75. The summed E-state index contributed by atoms with van der Waals surface area (Å²) in [5.74, 6) is -0.457. The maximum Gasteiger partial charge on any atom is 0.344 e. The number of carboxylic acids is 1. The van der Waals surface area contributed by atoms with Gasteiger partial charge in [-0.25, -0.2) is 4.79 Å². The number of hydrogen-bond acceptors (Lipinski definition) is 3. The third kappa shape index (κ3) is 3.25. The summed E-state index contributed by atoms with van der Waals surface area (Å²) in [6.07, 6.45) is -0.853. The fourth-order valence-electron chi connectivity index (χ4n) is 1.13. The summed E-state index contributed by atoms with van der Waals surface area (Å²) in [5, 5.41) is 8.67. The summed E-state index contributed by atoms with van der Waals surface area (Å²) in [7, 11) is 0. The fraction of sp³-hybridized carbons (Fsp3) is 0.364. The average Bonchev–Trinajstić information content (AvgIpc) is 2.18. The van der Waals surface area contributed by atoms with E-state index in [1.54, 1.807) is 18.2 Å². The van der Waals surface area contributed by atoms with Gasteiger partial charge in [-0.3, -0.25) is 0 Å². The summed E-state index contributed by atoms with van der Waals surface area (Å²) in [6, 6.07) is 7.05. The summed E-state index contributed by atoms with van der Waals surface area (Å²) < 4.78 is 5.21.